The first kappa shape index (κ1) is 16.0. The van der Waals surface area contributed by atoms with Crippen molar-refractivity contribution in [3.8, 4) is 5.75 Å². The van der Waals surface area contributed by atoms with Crippen LogP contribution in [0.3, 0.4) is 0 Å². The van der Waals surface area contributed by atoms with E-state index in [1.807, 2.05) is 18.2 Å². The zero-order chi connectivity index (χ0) is 17.1. The molecule has 0 radical (unpaired) electrons. The van der Waals surface area contributed by atoms with Crippen molar-refractivity contribution in [2.75, 3.05) is 11.2 Å². The normalized spacial score (nSPS) is 16.5. The molecule has 1 heterocycles. The topological polar surface area (TPSA) is 70.0 Å². The molecule has 0 fully saturated rings. The molecule has 1 N–H and O–H groups in total. The third kappa shape index (κ3) is 2.96. The van der Waals surface area contributed by atoms with Crippen LogP contribution < -0.4 is 4.90 Å². The number of amidine groups is 1. The first-order chi connectivity index (χ1) is 11.6. The molecule has 0 saturated carbocycles. The van der Waals surface area contributed by atoms with Crippen molar-refractivity contribution in [2.24, 2.45) is 4.99 Å². The van der Waals surface area contributed by atoms with Gasteiger partial charge in [-0.25, -0.2) is 0 Å². The molecule has 24 heavy (non-hydrogen) atoms. The van der Waals surface area contributed by atoms with E-state index >= 15 is 0 Å². The molecule has 0 atom stereocenters. The van der Waals surface area contributed by atoms with Crippen LogP contribution in [0.15, 0.2) is 65.2 Å². The summed E-state index contributed by atoms with van der Waals surface area (Å²) in [6.45, 7) is 0. The SMILES string of the molecule is CSC1=NC(=O)/C(=C\c2ccccc2O)C(=O)N1c1ccccc1. The minimum absolute atomic E-state index is 0.00324. The maximum Gasteiger partial charge on any atom is 0.285 e. The third-order valence-electron chi connectivity index (χ3n) is 3.49. The molecule has 1 aliphatic heterocycles. The number of rotatable bonds is 2. The molecule has 0 unspecified atom stereocenters. The lowest BCUT2D eigenvalue weighted by Crippen LogP contribution is -2.42. The van der Waals surface area contributed by atoms with Gasteiger partial charge in [-0.05, 0) is 30.5 Å². The van der Waals surface area contributed by atoms with Crippen LogP contribution in [0.25, 0.3) is 6.08 Å². The second-order valence-corrected chi connectivity index (χ2v) is 5.77. The van der Waals surface area contributed by atoms with Crippen molar-refractivity contribution in [3.63, 3.8) is 0 Å². The van der Waals surface area contributed by atoms with Gasteiger partial charge >= 0.3 is 0 Å². The molecule has 0 saturated heterocycles. The molecule has 0 aliphatic carbocycles. The Morgan fingerprint density at radius 1 is 1.04 bits per heavy atom. The summed E-state index contributed by atoms with van der Waals surface area (Å²) >= 11 is 1.23. The Hall–Kier alpha value is -2.86. The van der Waals surface area contributed by atoms with Crippen molar-refractivity contribution < 1.29 is 14.7 Å². The van der Waals surface area contributed by atoms with Crippen molar-refractivity contribution in [3.05, 3.63) is 65.7 Å². The second-order valence-electron chi connectivity index (χ2n) is 5.00. The van der Waals surface area contributed by atoms with E-state index in [0.29, 0.717) is 16.4 Å². The van der Waals surface area contributed by atoms with E-state index in [2.05, 4.69) is 4.99 Å². The molecule has 2 amide bonds. The predicted molar refractivity (Wildman–Crippen MR) is 96.0 cm³/mol. The fourth-order valence-corrected chi connectivity index (χ4v) is 2.87. The number of aromatic hydroxyl groups is 1. The summed E-state index contributed by atoms with van der Waals surface area (Å²) in [6, 6.07) is 15.5. The molecule has 6 heteroatoms. The highest BCUT2D eigenvalue weighted by Gasteiger charge is 2.33. The van der Waals surface area contributed by atoms with E-state index in [0.717, 1.165) is 0 Å². The smallest absolute Gasteiger partial charge is 0.285 e. The highest BCUT2D eigenvalue weighted by atomic mass is 32.2. The van der Waals surface area contributed by atoms with Crippen LogP contribution in [0, 0.1) is 0 Å². The standard InChI is InChI=1S/C18H14N2O3S/c1-24-18-19-16(22)14(11-12-7-5-6-10-15(12)21)17(23)20(18)13-8-3-2-4-9-13/h2-11,21H,1H3/b14-11+. The second kappa shape index (κ2) is 6.72. The van der Waals surface area contributed by atoms with Crippen molar-refractivity contribution in [2.45, 2.75) is 0 Å². The number of carbonyl (C=O) groups excluding carboxylic acids is 2. The van der Waals surface area contributed by atoms with Crippen LogP contribution in [-0.2, 0) is 9.59 Å². The molecule has 0 spiro atoms. The number of nitrogens with zero attached hydrogens (tertiary/aromatic N) is 2. The molecule has 5 nitrogen and oxygen atoms in total. The number of benzene rings is 2. The van der Waals surface area contributed by atoms with Gasteiger partial charge in [0, 0.05) is 5.56 Å². The van der Waals surface area contributed by atoms with Crippen molar-refractivity contribution in [1.82, 2.24) is 0 Å². The van der Waals surface area contributed by atoms with Crippen LogP contribution in [0.1, 0.15) is 5.56 Å². The van der Waals surface area contributed by atoms with E-state index in [-0.39, 0.29) is 11.3 Å². The van der Waals surface area contributed by atoms with Gasteiger partial charge in [0.05, 0.1) is 5.69 Å². The average molecular weight is 338 g/mol. The van der Waals surface area contributed by atoms with Gasteiger partial charge in [-0.15, -0.1) is 0 Å². The summed E-state index contributed by atoms with van der Waals surface area (Å²) in [4.78, 5) is 30.6. The maximum absolute atomic E-state index is 12.9. The summed E-state index contributed by atoms with van der Waals surface area (Å²) in [7, 11) is 0. The van der Waals surface area contributed by atoms with Gasteiger partial charge in [0.15, 0.2) is 5.17 Å². The summed E-state index contributed by atoms with van der Waals surface area (Å²) in [5, 5.41) is 10.2. The lowest BCUT2D eigenvalue weighted by Gasteiger charge is -2.26. The summed E-state index contributed by atoms with van der Waals surface area (Å²) < 4.78 is 0. The zero-order valence-electron chi connectivity index (χ0n) is 12.8. The third-order valence-corrected chi connectivity index (χ3v) is 4.12. The molecule has 0 aromatic heterocycles. The van der Waals surface area contributed by atoms with Gasteiger partial charge in [0.1, 0.15) is 11.3 Å². The Kier molecular flexibility index (Phi) is 4.48. The van der Waals surface area contributed by atoms with Crippen molar-refractivity contribution >= 4 is 40.5 Å². The van der Waals surface area contributed by atoms with E-state index in [1.54, 1.807) is 36.6 Å². The number of anilines is 1. The zero-order valence-corrected chi connectivity index (χ0v) is 13.7. The van der Waals surface area contributed by atoms with Gasteiger partial charge in [0.2, 0.25) is 0 Å². The lowest BCUT2D eigenvalue weighted by atomic mass is 10.1. The fourth-order valence-electron chi connectivity index (χ4n) is 2.33. The average Bonchev–Trinajstić information content (AvgIpc) is 2.60. The number of phenols is 1. The number of para-hydroxylation sites is 2. The molecule has 1 aliphatic rings. The van der Waals surface area contributed by atoms with Gasteiger partial charge in [-0.3, -0.25) is 14.5 Å². The number of thioether (sulfide) groups is 1. The first-order valence-electron chi connectivity index (χ1n) is 7.18. The Bertz CT molecular complexity index is 860. The number of carbonyl (C=O) groups is 2. The maximum atomic E-state index is 12.9. The Morgan fingerprint density at radius 2 is 1.71 bits per heavy atom. The van der Waals surface area contributed by atoms with E-state index in [1.165, 1.54) is 28.8 Å². The molecule has 3 rings (SSSR count). The Balaban J connectivity index is 2.10. The number of hydrogen-bond donors (Lipinski definition) is 1. The number of amides is 2. The molecule has 0 bridgehead atoms. The number of aliphatic imine (C=N–C) groups is 1. The first-order valence-corrected chi connectivity index (χ1v) is 8.40. The largest absolute Gasteiger partial charge is 0.507 e. The summed E-state index contributed by atoms with van der Waals surface area (Å²) in [5.74, 6) is -1.08. The predicted octanol–water partition coefficient (Wildman–Crippen LogP) is 3.07. The fraction of sp³-hybridized carbons (Fsp3) is 0.0556. The molecule has 2 aromatic carbocycles. The van der Waals surface area contributed by atoms with Crippen LogP contribution in [0.2, 0.25) is 0 Å². The Labute approximate surface area is 143 Å². The minimum atomic E-state index is -0.611. The van der Waals surface area contributed by atoms with Crippen molar-refractivity contribution in [1.29, 1.82) is 0 Å². The summed E-state index contributed by atoms with van der Waals surface area (Å²) in [5.41, 5.74) is 0.939. The van der Waals surface area contributed by atoms with Gasteiger partial charge < -0.3 is 5.11 Å². The highest BCUT2D eigenvalue weighted by molar-refractivity contribution is 8.13. The van der Waals surface area contributed by atoms with Crippen LogP contribution in [0.4, 0.5) is 5.69 Å². The number of phenolic OH excluding ortho intramolecular Hbond substituents is 1. The van der Waals surface area contributed by atoms with Gasteiger partial charge in [-0.2, -0.15) is 4.99 Å². The molecule has 2 aromatic rings. The van der Waals surface area contributed by atoms with Gasteiger partial charge in [0.25, 0.3) is 11.8 Å². The van der Waals surface area contributed by atoms with E-state index in [9.17, 15) is 14.7 Å². The lowest BCUT2D eigenvalue weighted by molar-refractivity contribution is -0.120. The Morgan fingerprint density at radius 3 is 2.38 bits per heavy atom. The number of hydrogen-bond acceptors (Lipinski definition) is 4. The van der Waals surface area contributed by atoms with Crippen LogP contribution in [-0.4, -0.2) is 28.3 Å². The molecular formula is C18H14N2O3S. The molecule has 120 valence electrons. The van der Waals surface area contributed by atoms with Gasteiger partial charge in [-0.1, -0.05) is 48.2 Å². The monoisotopic (exact) mass is 338 g/mol. The summed E-state index contributed by atoms with van der Waals surface area (Å²) in [6.07, 6.45) is 3.13. The van der Waals surface area contributed by atoms with Crippen LogP contribution >= 0.6 is 11.8 Å². The molecular weight excluding hydrogens is 324 g/mol. The van der Waals surface area contributed by atoms with Crippen LogP contribution in [0.5, 0.6) is 5.75 Å². The quantitative estimate of drug-likeness (QED) is 0.675. The van der Waals surface area contributed by atoms with E-state index in [4.69, 9.17) is 0 Å². The minimum Gasteiger partial charge on any atom is -0.507 e. The van der Waals surface area contributed by atoms with E-state index < -0.39 is 11.8 Å². The highest BCUT2D eigenvalue weighted by Crippen LogP contribution is 2.27.